The van der Waals surface area contributed by atoms with Crippen molar-refractivity contribution in [2.45, 2.75) is 38.8 Å². The van der Waals surface area contributed by atoms with Gasteiger partial charge < -0.3 is 19.9 Å². The van der Waals surface area contributed by atoms with E-state index in [2.05, 4.69) is 5.32 Å². The van der Waals surface area contributed by atoms with E-state index in [4.69, 9.17) is 9.47 Å². The first kappa shape index (κ1) is 18.8. The van der Waals surface area contributed by atoms with Crippen LogP contribution in [0, 0.1) is 0 Å². The van der Waals surface area contributed by atoms with E-state index in [1.54, 1.807) is 24.3 Å². The lowest BCUT2D eigenvalue weighted by molar-refractivity contribution is -0.142. The first-order valence-electron chi connectivity index (χ1n) is 8.96. The van der Waals surface area contributed by atoms with Crippen LogP contribution in [-0.2, 0) is 22.4 Å². The SMILES string of the molecule is CC(C)Oc1cccc(CC(=O)NC(C(=O)O)c2ccc3c(c2)CCO3)c1. The van der Waals surface area contributed by atoms with Gasteiger partial charge in [-0.25, -0.2) is 4.79 Å². The Morgan fingerprint density at radius 1 is 1.22 bits per heavy atom. The molecule has 1 amide bonds. The van der Waals surface area contributed by atoms with Crippen molar-refractivity contribution in [3.05, 3.63) is 59.2 Å². The Labute approximate surface area is 158 Å². The van der Waals surface area contributed by atoms with Crippen molar-refractivity contribution in [2.75, 3.05) is 6.61 Å². The molecule has 0 radical (unpaired) electrons. The Hall–Kier alpha value is -3.02. The summed E-state index contributed by atoms with van der Waals surface area (Å²) >= 11 is 0. The largest absolute Gasteiger partial charge is 0.493 e. The number of amides is 1. The van der Waals surface area contributed by atoms with Crippen LogP contribution >= 0.6 is 0 Å². The number of carbonyl (C=O) groups excluding carboxylic acids is 1. The fourth-order valence-electron chi connectivity index (χ4n) is 3.07. The molecule has 1 unspecified atom stereocenters. The van der Waals surface area contributed by atoms with E-state index < -0.39 is 12.0 Å². The lowest BCUT2D eigenvalue weighted by atomic mass is 10.0. The van der Waals surface area contributed by atoms with Crippen molar-refractivity contribution < 1.29 is 24.2 Å². The average molecular weight is 369 g/mol. The molecule has 6 heteroatoms. The summed E-state index contributed by atoms with van der Waals surface area (Å²) in [5, 5.41) is 12.2. The molecule has 6 nitrogen and oxygen atoms in total. The van der Waals surface area contributed by atoms with Crippen LogP contribution in [0.5, 0.6) is 11.5 Å². The van der Waals surface area contributed by atoms with E-state index in [0.717, 1.165) is 23.3 Å². The van der Waals surface area contributed by atoms with Crippen molar-refractivity contribution in [3.8, 4) is 11.5 Å². The second kappa shape index (κ2) is 8.12. The van der Waals surface area contributed by atoms with Gasteiger partial charge in [-0.3, -0.25) is 4.79 Å². The summed E-state index contributed by atoms with van der Waals surface area (Å²) in [6.07, 6.45) is 0.855. The Bertz CT molecular complexity index is 846. The molecule has 0 saturated carbocycles. The van der Waals surface area contributed by atoms with E-state index in [1.165, 1.54) is 0 Å². The topological polar surface area (TPSA) is 84.9 Å². The second-order valence-electron chi connectivity index (χ2n) is 6.80. The number of ether oxygens (including phenoxy) is 2. The molecular weight excluding hydrogens is 346 g/mol. The van der Waals surface area contributed by atoms with Crippen LogP contribution in [0.25, 0.3) is 0 Å². The van der Waals surface area contributed by atoms with Crippen LogP contribution in [0.15, 0.2) is 42.5 Å². The van der Waals surface area contributed by atoms with E-state index in [9.17, 15) is 14.7 Å². The Kier molecular flexibility index (Phi) is 5.64. The predicted molar refractivity (Wildman–Crippen MR) is 100 cm³/mol. The molecule has 2 aromatic rings. The number of benzene rings is 2. The van der Waals surface area contributed by atoms with Crippen molar-refractivity contribution in [1.29, 1.82) is 0 Å². The van der Waals surface area contributed by atoms with Crippen LogP contribution in [0.1, 0.15) is 36.6 Å². The van der Waals surface area contributed by atoms with Gasteiger partial charge in [0.25, 0.3) is 0 Å². The molecule has 0 fully saturated rings. The molecule has 1 atom stereocenters. The van der Waals surface area contributed by atoms with Gasteiger partial charge in [-0.15, -0.1) is 0 Å². The van der Waals surface area contributed by atoms with Gasteiger partial charge >= 0.3 is 5.97 Å². The molecule has 142 valence electrons. The van der Waals surface area contributed by atoms with Crippen molar-refractivity contribution >= 4 is 11.9 Å². The zero-order valence-corrected chi connectivity index (χ0v) is 15.4. The van der Waals surface area contributed by atoms with Gasteiger partial charge in [0.1, 0.15) is 11.5 Å². The van der Waals surface area contributed by atoms with Gasteiger partial charge in [-0.2, -0.15) is 0 Å². The molecular formula is C21H23NO5. The number of nitrogens with one attached hydrogen (secondary N) is 1. The third kappa shape index (κ3) is 4.78. The van der Waals surface area contributed by atoms with Gasteiger partial charge in [-0.1, -0.05) is 18.2 Å². The van der Waals surface area contributed by atoms with E-state index in [1.807, 2.05) is 32.0 Å². The highest BCUT2D eigenvalue weighted by Gasteiger charge is 2.24. The quantitative estimate of drug-likeness (QED) is 0.784. The third-order valence-electron chi connectivity index (χ3n) is 4.23. The van der Waals surface area contributed by atoms with Crippen molar-refractivity contribution in [3.63, 3.8) is 0 Å². The van der Waals surface area contributed by atoms with E-state index >= 15 is 0 Å². The smallest absolute Gasteiger partial charge is 0.330 e. The minimum absolute atomic E-state index is 0.0363. The summed E-state index contributed by atoms with van der Waals surface area (Å²) in [4.78, 5) is 24.1. The average Bonchev–Trinajstić information content (AvgIpc) is 3.06. The predicted octanol–water partition coefficient (Wildman–Crippen LogP) is 2.89. The summed E-state index contributed by atoms with van der Waals surface area (Å²) in [5.41, 5.74) is 2.26. The molecule has 2 aromatic carbocycles. The number of rotatable bonds is 7. The monoisotopic (exact) mass is 369 g/mol. The standard InChI is InChI=1S/C21H23NO5/c1-13(2)27-17-5-3-4-14(10-17)11-19(23)22-20(21(24)25)16-6-7-18-15(12-16)8-9-26-18/h3-7,10,12-13,20H,8-9,11H2,1-2H3,(H,22,23)(H,24,25). The first-order valence-corrected chi connectivity index (χ1v) is 8.96. The minimum atomic E-state index is -1.10. The first-order chi connectivity index (χ1) is 12.9. The van der Waals surface area contributed by atoms with E-state index in [0.29, 0.717) is 17.9 Å². The van der Waals surface area contributed by atoms with Gasteiger partial charge in [0.15, 0.2) is 6.04 Å². The van der Waals surface area contributed by atoms with Crippen LogP contribution < -0.4 is 14.8 Å². The molecule has 0 saturated heterocycles. The Morgan fingerprint density at radius 3 is 2.78 bits per heavy atom. The van der Waals surface area contributed by atoms with E-state index in [-0.39, 0.29) is 18.4 Å². The fraction of sp³-hybridized carbons (Fsp3) is 0.333. The van der Waals surface area contributed by atoms with Crippen LogP contribution in [0.3, 0.4) is 0 Å². The third-order valence-corrected chi connectivity index (χ3v) is 4.23. The maximum atomic E-state index is 12.4. The fourth-order valence-corrected chi connectivity index (χ4v) is 3.07. The van der Waals surface area contributed by atoms with Crippen LogP contribution in [-0.4, -0.2) is 29.7 Å². The Morgan fingerprint density at radius 2 is 2.04 bits per heavy atom. The molecule has 0 aliphatic carbocycles. The highest BCUT2D eigenvalue weighted by atomic mass is 16.5. The molecule has 1 aliphatic rings. The summed E-state index contributed by atoms with van der Waals surface area (Å²) in [6.45, 7) is 4.45. The number of hydrogen-bond acceptors (Lipinski definition) is 4. The molecule has 0 aromatic heterocycles. The summed E-state index contributed by atoms with van der Waals surface area (Å²) in [7, 11) is 0. The number of fused-ring (bicyclic) bond motifs is 1. The van der Waals surface area contributed by atoms with Gasteiger partial charge in [0.05, 0.1) is 19.1 Å². The second-order valence-corrected chi connectivity index (χ2v) is 6.80. The molecule has 2 N–H and O–H groups in total. The summed E-state index contributed by atoms with van der Waals surface area (Å²) in [6, 6.07) is 11.4. The number of hydrogen-bond donors (Lipinski definition) is 2. The molecule has 1 heterocycles. The minimum Gasteiger partial charge on any atom is -0.493 e. The number of carboxylic acids is 1. The lowest BCUT2D eigenvalue weighted by Gasteiger charge is -2.16. The maximum absolute atomic E-state index is 12.4. The molecule has 0 spiro atoms. The Balaban J connectivity index is 1.70. The van der Waals surface area contributed by atoms with Crippen molar-refractivity contribution in [2.24, 2.45) is 0 Å². The maximum Gasteiger partial charge on any atom is 0.330 e. The number of aliphatic carboxylic acids is 1. The zero-order valence-electron chi connectivity index (χ0n) is 15.4. The molecule has 3 rings (SSSR count). The van der Waals surface area contributed by atoms with Crippen molar-refractivity contribution in [1.82, 2.24) is 5.32 Å². The summed E-state index contributed by atoms with van der Waals surface area (Å²) < 4.78 is 11.1. The highest BCUT2D eigenvalue weighted by molar-refractivity contribution is 5.85. The van der Waals surface area contributed by atoms with Gasteiger partial charge in [0, 0.05) is 6.42 Å². The number of carboxylic acid groups (broad SMARTS) is 1. The normalized spacial score (nSPS) is 13.6. The van der Waals surface area contributed by atoms with Crippen LogP contribution in [0.2, 0.25) is 0 Å². The summed E-state index contributed by atoms with van der Waals surface area (Å²) in [5.74, 6) is -0.000146. The van der Waals surface area contributed by atoms with Gasteiger partial charge in [0.2, 0.25) is 5.91 Å². The van der Waals surface area contributed by atoms with Crippen LogP contribution in [0.4, 0.5) is 0 Å². The molecule has 1 aliphatic heterocycles. The highest BCUT2D eigenvalue weighted by Crippen LogP contribution is 2.28. The lowest BCUT2D eigenvalue weighted by Crippen LogP contribution is -2.34. The molecule has 0 bridgehead atoms. The number of carbonyl (C=O) groups is 2. The van der Waals surface area contributed by atoms with Gasteiger partial charge in [-0.05, 0) is 54.8 Å². The zero-order chi connectivity index (χ0) is 19.4. The molecule has 27 heavy (non-hydrogen) atoms.